The minimum Gasteiger partial charge on any atom is -0.258 e. The summed E-state index contributed by atoms with van der Waals surface area (Å²) in [6.07, 6.45) is 0.469. The van der Waals surface area contributed by atoms with Crippen molar-refractivity contribution in [1.82, 2.24) is 0 Å². The van der Waals surface area contributed by atoms with Crippen molar-refractivity contribution >= 4 is 28.6 Å². The minimum absolute atomic E-state index is 0.135. The summed E-state index contributed by atoms with van der Waals surface area (Å²) < 4.78 is 0. The number of nitro groups is 1. The van der Waals surface area contributed by atoms with E-state index in [1.807, 2.05) is 17.7 Å². The highest BCUT2D eigenvalue weighted by atomic mass is 35.5. The molecule has 94 valence electrons. The van der Waals surface area contributed by atoms with Crippen molar-refractivity contribution in [3.63, 3.8) is 0 Å². The molecule has 1 heterocycles. The molecule has 1 unspecified atom stereocenters. The van der Waals surface area contributed by atoms with Crippen molar-refractivity contribution in [2.24, 2.45) is 0 Å². The molecule has 2 rings (SSSR count). The van der Waals surface area contributed by atoms with Gasteiger partial charge in [-0.1, -0.05) is 18.2 Å². The zero-order valence-electron chi connectivity index (χ0n) is 9.80. The van der Waals surface area contributed by atoms with Crippen molar-refractivity contribution < 1.29 is 4.92 Å². The summed E-state index contributed by atoms with van der Waals surface area (Å²) >= 11 is 7.95. The fourth-order valence-corrected chi connectivity index (χ4v) is 3.24. The maximum absolute atomic E-state index is 10.9. The molecule has 0 saturated carbocycles. The molecule has 0 spiro atoms. The van der Waals surface area contributed by atoms with Gasteiger partial charge >= 0.3 is 0 Å². The van der Waals surface area contributed by atoms with E-state index >= 15 is 0 Å². The lowest BCUT2D eigenvalue weighted by molar-refractivity contribution is -0.385. The lowest BCUT2D eigenvalue weighted by Crippen LogP contribution is -2.00. The Labute approximate surface area is 114 Å². The number of nitro benzene ring substituents is 1. The van der Waals surface area contributed by atoms with E-state index in [1.54, 1.807) is 29.5 Å². The van der Waals surface area contributed by atoms with E-state index in [1.165, 1.54) is 6.07 Å². The van der Waals surface area contributed by atoms with Crippen molar-refractivity contribution in [2.75, 3.05) is 0 Å². The second-order valence-electron chi connectivity index (χ2n) is 4.07. The normalized spacial score (nSPS) is 12.3. The van der Waals surface area contributed by atoms with Gasteiger partial charge in [-0.15, -0.1) is 11.6 Å². The Kier molecular flexibility index (Phi) is 3.99. The van der Waals surface area contributed by atoms with Gasteiger partial charge in [0.1, 0.15) is 0 Å². The molecule has 0 N–H and O–H groups in total. The highest BCUT2D eigenvalue weighted by Gasteiger charge is 2.18. The summed E-state index contributed by atoms with van der Waals surface area (Å²) in [5, 5.41) is 14.7. The summed E-state index contributed by atoms with van der Waals surface area (Å²) in [6.45, 7) is 2.00. The van der Waals surface area contributed by atoms with Gasteiger partial charge in [0.2, 0.25) is 0 Å². The molecule has 0 bridgehead atoms. The molecule has 0 amide bonds. The molecule has 0 aliphatic carbocycles. The molecule has 0 radical (unpaired) electrons. The van der Waals surface area contributed by atoms with Crippen LogP contribution in [0.3, 0.4) is 0 Å². The fourth-order valence-electron chi connectivity index (χ4n) is 1.86. The Morgan fingerprint density at radius 2 is 2.11 bits per heavy atom. The van der Waals surface area contributed by atoms with Gasteiger partial charge < -0.3 is 0 Å². The topological polar surface area (TPSA) is 43.1 Å². The van der Waals surface area contributed by atoms with Crippen LogP contribution in [-0.4, -0.2) is 4.92 Å². The molecule has 1 atom stereocenters. The molecule has 3 nitrogen and oxygen atoms in total. The molecule has 1 aromatic carbocycles. The maximum Gasteiger partial charge on any atom is 0.272 e. The molecule has 18 heavy (non-hydrogen) atoms. The van der Waals surface area contributed by atoms with E-state index in [9.17, 15) is 10.1 Å². The van der Waals surface area contributed by atoms with E-state index in [4.69, 9.17) is 11.6 Å². The van der Waals surface area contributed by atoms with Crippen molar-refractivity contribution in [3.8, 4) is 0 Å². The molecule has 5 heteroatoms. The summed E-state index contributed by atoms with van der Waals surface area (Å²) in [5.74, 6) is 0. The molecule has 0 fully saturated rings. The average Bonchev–Trinajstić information content (AvgIpc) is 2.76. The van der Waals surface area contributed by atoms with Crippen molar-refractivity contribution in [2.45, 2.75) is 18.7 Å². The van der Waals surface area contributed by atoms with Crippen LogP contribution in [0.5, 0.6) is 0 Å². The number of nitrogens with zero attached hydrogens (tertiary/aromatic N) is 1. The van der Waals surface area contributed by atoms with Crippen LogP contribution in [0.1, 0.15) is 22.1 Å². The molecular formula is C13H12ClNO2S. The SMILES string of the molecule is Cc1cscc1C(Cl)Cc1ccccc1[N+](=O)[O-]. The van der Waals surface area contributed by atoms with E-state index in [-0.39, 0.29) is 16.0 Å². The number of thiophene rings is 1. The summed E-state index contributed by atoms with van der Waals surface area (Å²) in [4.78, 5) is 10.6. The molecule has 0 aliphatic heterocycles. The third-order valence-corrected chi connectivity index (χ3v) is 4.09. The number of halogens is 1. The van der Waals surface area contributed by atoms with Crippen molar-refractivity contribution in [3.05, 3.63) is 61.8 Å². The van der Waals surface area contributed by atoms with Gasteiger partial charge in [0.05, 0.1) is 10.3 Å². The van der Waals surface area contributed by atoms with Crippen LogP contribution in [-0.2, 0) is 6.42 Å². The van der Waals surface area contributed by atoms with Crippen LogP contribution in [0.2, 0.25) is 0 Å². The first-order valence-electron chi connectivity index (χ1n) is 5.48. The lowest BCUT2D eigenvalue weighted by atomic mass is 10.0. The lowest BCUT2D eigenvalue weighted by Gasteiger charge is -2.09. The monoisotopic (exact) mass is 281 g/mol. The van der Waals surface area contributed by atoms with E-state index in [0.29, 0.717) is 12.0 Å². The Hall–Kier alpha value is -1.39. The van der Waals surface area contributed by atoms with Gasteiger partial charge in [0, 0.05) is 11.6 Å². The first-order valence-corrected chi connectivity index (χ1v) is 6.86. The Balaban J connectivity index is 2.25. The first-order chi connectivity index (χ1) is 8.59. The van der Waals surface area contributed by atoms with Gasteiger partial charge in [0.25, 0.3) is 5.69 Å². The second-order valence-corrected chi connectivity index (χ2v) is 5.34. The van der Waals surface area contributed by atoms with Gasteiger partial charge in [-0.05, 0) is 35.2 Å². The van der Waals surface area contributed by atoms with Crippen LogP contribution < -0.4 is 0 Å². The van der Waals surface area contributed by atoms with Crippen LogP contribution in [0, 0.1) is 17.0 Å². The average molecular weight is 282 g/mol. The molecule has 0 saturated heterocycles. The van der Waals surface area contributed by atoms with Gasteiger partial charge in [-0.25, -0.2) is 0 Å². The highest BCUT2D eigenvalue weighted by molar-refractivity contribution is 7.08. The predicted octanol–water partition coefficient (Wildman–Crippen LogP) is 4.49. The number of rotatable bonds is 4. The smallest absolute Gasteiger partial charge is 0.258 e. The van der Waals surface area contributed by atoms with Crippen LogP contribution >= 0.6 is 22.9 Å². The molecular weight excluding hydrogens is 270 g/mol. The van der Waals surface area contributed by atoms with Gasteiger partial charge in [0.15, 0.2) is 0 Å². The number of hydrogen-bond donors (Lipinski definition) is 0. The minimum atomic E-state index is -0.362. The standard InChI is InChI=1S/C13H12ClNO2S/c1-9-7-18-8-11(9)12(14)6-10-4-2-3-5-13(10)15(16)17/h2-5,7-8,12H,6H2,1H3. The highest BCUT2D eigenvalue weighted by Crippen LogP contribution is 2.32. The van der Waals surface area contributed by atoms with Crippen LogP contribution in [0.4, 0.5) is 5.69 Å². The predicted molar refractivity (Wildman–Crippen MR) is 74.5 cm³/mol. The quantitative estimate of drug-likeness (QED) is 0.471. The molecule has 2 aromatic rings. The second kappa shape index (κ2) is 5.50. The van der Waals surface area contributed by atoms with Crippen LogP contribution in [0.15, 0.2) is 35.0 Å². The van der Waals surface area contributed by atoms with Gasteiger partial charge in [-0.3, -0.25) is 10.1 Å². The number of aryl methyl sites for hydroxylation is 1. The Bertz CT molecular complexity index is 568. The Morgan fingerprint density at radius 1 is 1.39 bits per heavy atom. The maximum atomic E-state index is 10.9. The third-order valence-electron chi connectivity index (χ3n) is 2.82. The molecule has 0 aliphatic rings. The number of alkyl halides is 1. The van der Waals surface area contributed by atoms with Gasteiger partial charge in [-0.2, -0.15) is 11.3 Å². The number of para-hydroxylation sites is 1. The summed E-state index contributed by atoms with van der Waals surface area (Å²) in [7, 11) is 0. The van der Waals surface area contributed by atoms with E-state index in [2.05, 4.69) is 0 Å². The third kappa shape index (κ3) is 2.71. The largest absolute Gasteiger partial charge is 0.272 e. The number of benzene rings is 1. The van der Waals surface area contributed by atoms with E-state index < -0.39 is 0 Å². The van der Waals surface area contributed by atoms with E-state index in [0.717, 1.165) is 11.1 Å². The molecule has 1 aromatic heterocycles. The zero-order valence-corrected chi connectivity index (χ0v) is 11.4. The fraction of sp³-hybridized carbons (Fsp3) is 0.231. The summed E-state index contributed by atoms with van der Waals surface area (Å²) in [6, 6.07) is 6.74. The first kappa shape index (κ1) is 13.1. The van der Waals surface area contributed by atoms with Crippen molar-refractivity contribution in [1.29, 1.82) is 0 Å². The zero-order chi connectivity index (χ0) is 13.1. The Morgan fingerprint density at radius 3 is 2.72 bits per heavy atom. The number of hydrogen-bond acceptors (Lipinski definition) is 3. The summed E-state index contributed by atoms with van der Waals surface area (Å²) in [5.41, 5.74) is 3.00. The van der Waals surface area contributed by atoms with Crippen LogP contribution in [0.25, 0.3) is 0 Å².